The van der Waals surface area contributed by atoms with E-state index in [-0.39, 0.29) is 28.0 Å². The third kappa shape index (κ3) is 3.27. The first-order valence-electron chi connectivity index (χ1n) is 6.27. The smallest absolute Gasteiger partial charge is 0.338 e. The van der Waals surface area contributed by atoms with E-state index in [0.29, 0.717) is 4.60 Å². The lowest BCUT2D eigenvalue weighted by molar-refractivity contribution is 0.0525. The average molecular weight is 434 g/mol. The number of rotatable bonds is 3. The first-order chi connectivity index (χ1) is 10.3. The quantitative estimate of drug-likeness (QED) is 0.696. The molecule has 0 fully saturated rings. The Labute approximate surface area is 142 Å². The number of ether oxygens (including phenoxy) is 1. The van der Waals surface area contributed by atoms with Crippen LogP contribution in [0.4, 0.5) is 4.39 Å². The molecule has 116 valence electrons. The van der Waals surface area contributed by atoms with Gasteiger partial charge >= 0.3 is 5.97 Å². The standard InChI is InChI=1S/C14H11Br2FN2O3/c1-3-22-14(21)8-4-9(17)7(2)10(5-8)19-6-11(15)18-12(16)13(19)20/h4-6H,3H2,1-2H3. The summed E-state index contributed by atoms with van der Waals surface area (Å²) in [6, 6.07) is 2.50. The normalized spacial score (nSPS) is 10.6. The molecule has 0 aliphatic rings. The largest absolute Gasteiger partial charge is 0.462 e. The first kappa shape index (κ1) is 16.8. The minimum atomic E-state index is -0.650. The van der Waals surface area contributed by atoms with E-state index >= 15 is 0 Å². The summed E-state index contributed by atoms with van der Waals surface area (Å²) in [6.45, 7) is 3.36. The number of hydrogen-bond acceptors (Lipinski definition) is 4. The van der Waals surface area contributed by atoms with E-state index in [1.165, 1.54) is 23.8 Å². The zero-order chi connectivity index (χ0) is 16.4. The molecule has 5 nitrogen and oxygen atoms in total. The molecule has 8 heteroatoms. The number of esters is 1. The van der Waals surface area contributed by atoms with Crippen molar-refractivity contribution in [3.8, 4) is 5.69 Å². The van der Waals surface area contributed by atoms with Crippen LogP contribution in [0.1, 0.15) is 22.8 Å². The number of hydrogen-bond donors (Lipinski definition) is 0. The highest BCUT2D eigenvalue weighted by atomic mass is 79.9. The highest BCUT2D eigenvalue weighted by molar-refractivity contribution is 9.11. The van der Waals surface area contributed by atoms with Crippen molar-refractivity contribution >= 4 is 37.8 Å². The van der Waals surface area contributed by atoms with Crippen molar-refractivity contribution in [1.82, 2.24) is 9.55 Å². The molecule has 1 heterocycles. The summed E-state index contributed by atoms with van der Waals surface area (Å²) in [5, 5.41) is 0. The lowest BCUT2D eigenvalue weighted by Gasteiger charge is -2.12. The van der Waals surface area contributed by atoms with Crippen LogP contribution in [0.3, 0.4) is 0 Å². The van der Waals surface area contributed by atoms with Crippen LogP contribution in [0, 0.1) is 12.7 Å². The van der Waals surface area contributed by atoms with Gasteiger partial charge in [0.1, 0.15) is 10.4 Å². The monoisotopic (exact) mass is 432 g/mol. The number of carbonyl (C=O) groups is 1. The highest BCUT2D eigenvalue weighted by Gasteiger charge is 2.16. The lowest BCUT2D eigenvalue weighted by atomic mass is 10.1. The second-order valence-electron chi connectivity index (χ2n) is 4.35. The summed E-state index contributed by atoms with van der Waals surface area (Å²) in [6.07, 6.45) is 1.41. The molecule has 0 saturated heterocycles. The van der Waals surface area contributed by atoms with E-state index in [4.69, 9.17) is 4.74 Å². The second kappa shape index (κ2) is 6.70. The first-order valence-corrected chi connectivity index (χ1v) is 7.86. The molecule has 0 unspecified atom stereocenters. The van der Waals surface area contributed by atoms with Gasteiger partial charge in [-0.15, -0.1) is 0 Å². The molecule has 2 rings (SSSR count). The molecule has 0 saturated carbocycles. The fourth-order valence-corrected chi connectivity index (χ4v) is 2.86. The van der Waals surface area contributed by atoms with Gasteiger partial charge in [-0.2, -0.15) is 0 Å². The average Bonchev–Trinajstić information content (AvgIpc) is 2.46. The molecular weight excluding hydrogens is 423 g/mol. The van der Waals surface area contributed by atoms with Crippen LogP contribution in [0.25, 0.3) is 5.69 Å². The molecule has 22 heavy (non-hydrogen) atoms. The van der Waals surface area contributed by atoms with Crippen molar-refractivity contribution in [3.05, 3.63) is 54.8 Å². The zero-order valence-electron chi connectivity index (χ0n) is 11.7. The maximum atomic E-state index is 14.1. The summed E-state index contributed by atoms with van der Waals surface area (Å²) in [5.41, 5.74) is 0.0552. The van der Waals surface area contributed by atoms with Crippen LogP contribution in [0.2, 0.25) is 0 Å². The minimum Gasteiger partial charge on any atom is -0.462 e. The van der Waals surface area contributed by atoms with Gasteiger partial charge in [0.05, 0.1) is 17.9 Å². The number of carbonyl (C=O) groups excluding carboxylic acids is 1. The fraction of sp³-hybridized carbons (Fsp3) is 0.214. The van der Waals surface area contributed by atoms with E-state index < -0.39 is 17.3 Å². The Kier molecular flexibility index (Phi) is 5.12. The van der Waals surface area contributed by atoms with Crippen molar-refractivity contribution in [2.75, 3.05) is 6.61 Å². The zero-order valence-corrected chi connectivity index (χ0v) is 14.9. The van der Waals surface area contributed by atoms with Gasteiger partial charge in [-0.25, -0.2) is 14.2 Å². The van der Waals surface area contributed by atoms with Crippen LogP contribution >= 0.6 is 31.9 Å². The maximum Gasteiger partial charge on any atom is 0.338 e. The molecule has 0 aliphatic heterocycles. The Morgan fingerprint density at radius 2 is 2.09 bits per heavy atom. The molecular formula is C14H11Br2FN2O3. The molecule has 1 aromatic heterocycles. The molecule has 0 spiro atoms. The molecule has 0 amide bonds. The summed E-state index contributed by atoms with van der Waals surface area (Å²) < 4.78 is 20.6. The summed E-state index contributed by atoms with van der Waals surface area (Å²) in [4.78, 5) is 27.9. The second-order valence-corrected chi connectivity index (χ2v) is 5.92. The van der Waals surface area contributed by atoms with Gasteiger partial charge in [-0.05, 0) is 57.8 Å². The highest BCUT2D eigenvalue weighted by Crippen LogP contribution is 2.21. The predicted octanol–water partition coefficient (Wildman–Crippen LogP) is 3.38. The van der Waals surface area contributed by atoms with Crippen LogP contribution in [0.15, 0.2) is 32.3 Å². The van der Waals surface area contributed by atoms with Gasteiger partial charge in [0.15, 0.2) is 4.60 Å². The van der Waals surface area contributed by atoms with Crippen LogP contribution in [0.5, 0.6) is 0 Å². The summed E-state index contributed by atoms with van der Waals surface area (Å²) in [5.74, 6) is -1.25. The van der Waals surface area contributed by atoms with E-state index in [2.05, 4.69) is 36.8 Å². The Hall–Kier alpha value is -1.54. The Balaban J connectivity index is 2.70. The minimum absolute atomic E-state index is 0.0379. The molecule has 0 radical (unpaired) electrons. The van der Waals surface area contributed by atoms with Crippen molar-refractivity contribution in [2.45, 2.75) is 13.8 Å². The van der Waals surface area contributed by atoms with Crippen LogP contribution in [-0.4, -0.2) is 22.1 Å². The topological polar surface area (TPSA) is 61.2 Å². The SMILES string of the molecule is CCOC(=O)c1cc(F)c(C)c(-n2cc(Br)nc(Br)c2=O)c1. The van der Waals surface area contributed by atoms with Crippen molar-refractivity contribution in [3.63, 3.8) is 0 Å². The Morgan fingerprint density at radius 1 is 1.41 bits per heavy atom. The van der Waals surface area contributed by atoms with Crippen LogP contribution in [-0.2, 0) is 4.74 Å². The number of benzene rings is 1. The van der Waals surface area contributed by atoms with Gasteiger partial charge in [0.25, 0.3) is 5.56 Å². The predicted molar refractivity (Wildman–Crippen MR) is 85.9 cm³/mol. The van der Waals surface area contributed by atoms with Gasteiger partial charge in [0.2, 0.25) is 0 Å². The summed E-state index contributed by atoms with van der Waals surface area (Å²) >= 11 is 6.22. The fourth-order valence-electron chi connectivity index (χ4n) is 1.86. The molecule has 1 aromatic carbocycles. The van der Waals surface area contributed by atoms with E-state index in [1.807, 2.05) is 0 Å². The van der Waals surface area contributed by atoms with Gasteiger partial charge < -0.3 is 4.74 Å². The number of nitrogens with zero attached hydrogens (tertiary/aromatic N) is 2. The lowest BCUT2D eigenvalue weighted by Crippen LogP contribution is -2.21. The Morgan fingerprint density at radius 3 is 2.73 bits per heavy atom. The Bertz CT molecular complexity index is 805. The van der Waals surface area contributed by atoms with Crippen molar-refractivity contribution in [2.24, 2.45) is 0 Å². The van der Waals surface area contributed by atoms with Crippen molar-refractivity contribution < 1.29 is 13.9 Å². The van der Waals surface area contributed by atoms with Gasteiger partial charge in [-0.3, -0.25) is 9.36 Å². The molecule has 2 aromatic rings. The van der Waals surface area contributed by atoms with Crippen molar-refractivity contribution in [1.29, 1.82) is 0 Å². The molecule has 0 bridgehead atoms. The molecule has 0 atom stereocenters. The molecule has 0 aliphatic carbocycles. The third-order valence-electron chi connectivity index (χ3n) is 2.92. The third-order valence-corrected chi connectivity index (χ3v) is 3.82. The van der Waals surface area contributed by atoms with Gasteiger partial charge in [-0.1, -0.05) is 0 Å². The number of halogens is 3. The maximum absolute atomic E-state index is 14.1. The van der Waals surface area contributed by atoms with E-state index in [9.17, 15) is 14.0 Å². The number of aromatic nitrogens is 2. The van der Waals surface area contributed by atoms with E-state index in [0.717, 1.165) is 6.07 Å². The molecule has 0 N–H and O–H groups in total. The van der Waals surface area contributed by atoms with Gasteiger partial charge in [0, 0.05) is 11.8 Å². The van der Waals surface area contributed by atoms with E-state index in [1.54, 1.807) is 6.92 Å². The van der Waals surface area contributed by atoms with Crippen LogP contribution < -0.4 is 5.56 Å². The summed E-state index contributed by atoms with van der Waals surface area (Å²) in [7, 11) is 0.